The molecule has 0 spiro atoms. The standard InChI is InChI=1S/C13H22N4O2S/c1-10-13(8-15-16-10)20(18,19)17-7-3-4-11(9-17)12-5-2-6-14-12/h8,11-12,14H,2-7,9H2,1H3,(H,15,16). The fourth-order valence-corrected chi connectivity index (χ4v) is 5.03. The maximum absolute atomic E-state index is 12.7. The molecule has 0 radical (unpaired) electrons. The Balaban J connectivity index is 1.78. The Morgan fingerprint density at radius 1 is 1.35 bits per heavy atom. The molecule has 0 saturated carbocycles. The molecule has 20 heavy (non-hydrogen) atoms. The Hall–Kier alpha value is -0.920. The minimum absolute atomic E-state index is 0.317. The molecule has 2 unspecified atom stereocenters. The van der Waals surface area contributed by atoms with Crippen LogP contribution in [0.5, 0.6) is 0 Å². The lowest BCUT2D eigenvalue weighted by Crippen LogP contribution is -2.45. The molecule has 6 nitrogen and oxygen atoms in total. The maximum Gasteiger partial charge on any atom is 0.246 e. The summed E-state index contributed by atoms with van der Waals surface area (Å²) in [4.78, 5) is 0.317. The molecule has 0 amide bonds. The summed E-state index contributed by atoms with van der Waals surface area (Å²) in [6.07, 6.45) is 5.85. The number of aromatic nitrogens is 2. The van der Waals surface area contributed by atoms with Gasteiger partial charge in [-0.15, -0.1) is 0 Å². The third-order valence-corrected chi connectivity index (χ3v) is 6.47. The van der Waals surface area contributed by atoms with Crippen LogP contribution >= 0.6 is 0 Å². The molecule has 1 aromatic rings. The van der Waals surface area contributed by atoms with Crippen LogP contribution in [0.4, 0.5) is 0 Å². The van der Waals surface area contributed by atoms with E-state index in [0.29, 0.717) is 35.6 Å². The van der Waals surface area contributed by atoms with Crippen molar-refractivity contribution in [3.8, 4) is 0 Å². The number of aryl methyl sites for hydroxylation is 1. The van der Waals surface area contributed by atoms with Crippen molar-refractivity contribution in [3.05, 3.63) is 11.9 Å². The molecule has 3 heterocycles. The summed E-state index contributed by atoms with van der Waals surface area (Å²) in [6.45, 7) is 4.06. The average molecular weight is 298 g/mol. The van der Waals surface area contributed by atoms with Crippen LogP contribution in [-0.4, -0.2) is 48.6 Å². The number of rotatable bonds is 3. The van der Waals surface area contributed by atoms with E-state index in [1.54, 1.807) is 11.2 Å². The third-order valence-electron chi connectivity index (χ3n) is 4.49. The summed E-state index contributed by atoms with van der Waals surface area (Å²) in [5, 5.41) is 10.1. The highest BCUT2D eigenvalue weighted by molar-refractivity contribution is 7.89. The quantitative estimate of drug-likeness (QED) is 0.868. The molecule has 2 saturated heterocycles. The molecular weight excluding hydrogens is 276 g/mol. The zero-order chi connectivity index (χ0) is 14.2. The van der Waals surface area contributed by atoms with Gasteiger partial charge in [0.05, 0.1) is 11.9 Å². The summed E-state index contributed by atoms with van der Waals surface area (Å²) >= 11 is 0. The first kappa shape index (κ1) is 14.0. The Bertz CT molecular complexity index is 563. The minimum atomic E-state index is -3.40. The number of nitrogens with one attached hydrogen (secondary N) is 2. The number of H-pyrrole nitrogens is 1. The molecule has 0 aliphatic carbocycles. The highest BCUT2D eigenvalue weighted by Crippen LogP contribution is 2.28. The Labute approximate surface area is 120 Å². The summed E-state index contributed by atoms with van der Waals surface area (Å²) in [5.41, 5.74) is 0.617. The van der Waals surface area contributed by atoms with Gasteiger partial charge in [-0.2, -0.15) is 9.40 Å². The number of piperidine rings is 1. The smallest absolute Gasteiger partial charge is 0.246 e. The summed E-state index contributed by atoms with van der Waals surface area (Å²) in [6, 6.07) is 0.485. The van der Waals surface area contributed by atoms with E-state index in [0.717, 1.165) is 19.4 Å². The summed E-state index contributed by atoms with van der Waals surface area (Å²) in [5.74, 6) is 0.438. The van der Waals surface area contributed by atoms with Gasteiger partial charge in [-0.3, -0.25) is 5.10 Å². The van der Waals surface area contributed by atoms with Crippen LogP contribution in [0, 0.1) is 12.8 Å². The first-order valence-electron chi connectivity index (χ1n) is 7.32. The van der Waals surface area contributed by atoms with Gasteiger partial charge in [-0.1, -0.05) is 0 Å². The second-order valence-corrected chi connectivity index (χ2v) is 7.73. The van der Waals surface area contributed by atoms with E-state index in [1.807, 2.05) is 0 Å². The molecule has 2 fully saturated rings. The highest BCUT2D eigenvalue weighted by Gasteiger charge is 2.35. The zero-order valence-corrected chi connectivity index (χ0v) is 12.6. The maximum atomic E-state index is 12.7. The second kappa shape index (κ2) is 5.46. The highest BCUT2D eigenvalue weighted by atomic mass is 32.2. The van der Waals surface area contributed by atoms with Crippen LogP contribution in [0.3, 0.4) is 0 Å². The number of sulfonamides is 1. The SMILES string of the molecule is Cc1[nH]ncc1S(=O)(=O)N1CCCC(C2CCCN2)C1. The molecule has 7 heteroatoms. The van der Waals surface area contributed by atoms with E-state index >= 15 is 0 Å². The third kappa shape index (κ3) is 2.49. The van der Waals surface area contributed by atoms with Crippen LogP contribution in [0.2, 0.25) is 0 Å². The predicted molar refractivity (Wildman–Crippen MR) is 75.8 cm³/mol. The molecule has 0 aromatic carbocycles. The molecule has 2 N–H and O–H groups in total. The van der Waals surface area contributed by atoms with Gasteiger partial charge in [0.15, 0.2) is 0 Å². The number of nitrogens with zero attached hydrogens (tertiary/aromatic N) is 2. The lowest BCUT2D eigenvalue weighted by atomic mass is 9.91. The van der Waals surface area contributed by atoms with E-state index in [-0.39, 0.29) is 0 Å². The number of aromatic amines is 1. The van der Waals surface area contributed by atoms with Crippen molar-refractivity contribution < 1.29 is 8.42 Å². The minimum Gasteiger partial charge on any atom is -0.314 e. The monoisotopic (exact) mass is 298 g/mol. The first-order chi connectivity index (χ1) is 9.59. The molecule has 1 aromatic heterocycles. The van der Waals surface area contributed by atoms with Crippen LogP contribution in [0.1, 0.15) is 31.4 Å². The molecule has 0 bridgehead atoms. The molecule has 3 rings (SSSR count). The van der Waals surface area contributed by atoms with E-state index in [1.165, 1.54) is 19.0 Å². The summed E-state index contributed by atoms with van der Waals surface area (Å²) < 4.78 is 27.0. The van der Waals surface area contributed by atoms with Crippen molar-refractivity contribution in [2.75, 3.05) is 19.6 Å². The van der Waals surface area contributed by atoms with Crippen molar-refractivity contribution in [2.24, 2.45) is 5.92 Å². The van der Waals surface area contributed by atoms with Gasteiger partial charge in [0, 0.05) is 19.1 Å². The van der Waals surface area contributed by atoms with Crippen LogP contribution < -0.4 is 5.32 Å². The van der Waals surface area contributed by atoms with Gasteiger partial charge in [0.1, 0.15) is 4.90 Å². The number of hydrogen-bond donors (Lipinski definition) is 2. The fraction of sp³-hybridized carbons (Fsp3) is 0.769. The second-order valence-electron chi connectivity index (χ2n) is 5.83. The van der Waals surface area contributed by atoms with Crippen LogP contribution in [-0.2, 0) is 10.0 Å². The van der Waals surface area contributed by atoms with Crippen molar-refractivity contribution in [1.82, 2.24) is 19.8 Å². The van der Waals surface area contributed by atoms with Gasteiger partial charge in [0.25, 0.3) is 0 Å². The lowest BCUT2D eigenvalue weighted by molar-refractivity contribution is 0.226. The first-order valence-corrected chi connectivity index (χ1v) is 8.76. The average Bonchev–Trinajstić information content (AvgIpc) is 3.10. The van der Waals surface area contributed by atoms with Crippen molar-refractivity contribution in [2.45, 2.75) is 43.5 Å². The van der Waals surface area contributed by atoms with Crippen LogP contribution in [0.15, 0.2) is 11.1 Å². The Morgan fingerprint density at radius 2 is 2.20 bits per heavy atom. The van der Waals surface area contributed by atoms with Gasteiger partial charge >= 0.3 is 0 Å². The van der Waals surface area contributed by atoms with Crippen molar-refractivity contribution >= 4 is 10.0 Å². The largest absolute Gasteiger partial charge is 0.314 e. The van der Waals surface area contributed by atoms with E-state index < -0.39 is 10.0 Å². The van der Waals surface area contributed by atoms with Crippen molar-refractivity contribution in [1.29, 1.82) is 0 Å². The van der Waals surface area contributed by atoms with E-state index in [4.69, 9.17) is 0 Å². The van der Waals surface area contributed by atoms with Crippen molar-refractivity contribution in [3.63, 3.8) is 0 Å². The Kier molecular flexibility index (Phi) is 3.83. The van der Waals surface area contributed by atoms with Gasteiger partial charge in [-0.25, -0.2) is 8.42 Å². The van der Waals surface area contributed by atoms with Gasteiger partial charge in [0.2, 0.25) is 10.0 Å². The van der Waals surface area contributed by atoms with Crippen LogP contribution in [0.25, 0.3) is 0 Å². The fourth-order valence-electron chi connectivity index (χ4n) is 3.37. The normalized spacial score (nSPS) is 28.9. The van der Waals surface area contributed by atoms with E-state index in [2.05, 4.69) is 15.5 Å². The molecule has 2 aliphatic rings. The molecule has 2 aliphatic heterocycles. The number of hydrogen-bond acceptors (Lipinski definition) is 4. The lowest BCUT2D eigenvalue weighted by Gasteiger charge is -2.34. The zero-order valence-electron chi connectivity index (χ0n) is 11.8. The van der Waals surface area contributed by atoms with Gasteiger partial charge < -0.3 is 5.32 Å². The topological polar surface area (TPSA) is 78.1 Å². The van der Waals surface area contributed by atoms with Gasteiger partial charge in [-0.05, 0) is 45.1 Å². The Morgan fingerprint density at radius 3 is 2.85 bits per heavy atom. The van der Waals surface area contributed by atoms with E-state index in [9.17, 15) is 8.42 Å². The molecule has 2 atom stereocenters. The predicted octanol–water partition coefficient (Wildman–Crippen LogP) is 0.871. The molecule has 112 valence electrons. The summed E-state index contributed by atoms with van der Waals surface area (Å²) in [7, 11) is -3.40. The molecular formula is C13H22N4O2S.